The Labute approximate surface area is 148 Å². The van der Waals surface area contributed by atoms with E-state index in [0.29, 0.717) is 11.5 Å². The molecule has 0 aromatic heterocycles. The first kappa shape index (κ1) is 20.4. The molecule has 3 nitrogen and oxygen atoms in total. The van der Waals surface area contributed by atoms with E-state index in [0.717, 1.165) is 19.5 Å². The average Bonchev–Trinajstić information content (AvgIpc) is 3.07. The summed E-state index contributed by atoms with van der Waals surface area (Å²) in [5.41, 5.74) is 0. The summed E-state index contributed by atoms with van der Waals surface area (Å²) in [5, 5.41) is 3.51. The zero-order valence-electron chi connectivity index (χ0n) is 15.1. The Morgan fingerprint density at radius 3 is 1.87 bits per heavy atom. The predicted octanol–water partition coefficient (Wildman–Crippen LogP) is 5.18. The second-order valence-electron chi connectivity index (χ2n) is 6.83. The Hall–Kier alpha value is -0.640. The Morgan fingerprint density at radius 2 is 1.35 bits per heavy atom. The number of hydrogen-bond acceptors (Lipinski definition) is 2. The third-order valence-electron chi connectivity index (χ3n) is 4.65. The van der Waals surface area contributed by atoms with Gasteiger partial charge in [0.2, 0.25) is 5.91 Å². The van der Waals surface area contributed by atoms with E-state index < -0.39 is 0 Å². The van der Waals surface area contributed by atoms with Gasteiger partial charge in [0.25, 0.3) is 0 Å². The fraction of sp³-hybridized carbons (Fsp3) is 0.895. The Morgan fingerprint density at radius 1 is 0.870 bits per heavy atom. The molecule has 1 aliphatic heterocycles. The van der Waals surface area contributed by atoms with E-state index in [-0.39, 0.29) is 5.91 Å². The molecule has 0 spiro atoms. The third kappa shape index (κ3) is 10.7. The van der Waals surface area contributed by atoms with Gasteiger partial charge in [-0.2, -0.15) is 0 Å². The van der Waals surface area contributed by atoms with Crippen LogP contribution in [0.25, 0.3) is 0 Å². The van der Waals surface area contributed by atoms with Crippen LogP contribution in [0.1, 0.15) is 96.8 Å². The van der Waals surface area contributed by atoms with Gasteiger partial charge in [-0.25, -0.2) is 0 Å². The summed E-state index contributed by atoms with van der Waals surface area (Å²) in [7, 11) is 0. The highest BCUT2D eigenvalue weighted by Gasteiger charge is 2.16. The lowest BCUT2D eigenvalue weighted by molar-refractivity contribution is -0.119. The van der Waals surface area contributed by atoms with Crippen LogP contribution < -0.4 is 5.32 Å². The molecule has 0 radical (unpaired) electrons. The van der Waals surface area contributed by atoms with Crippen LogP contribution in [-0.2, 0) is 4.79 Å². The van der Waals surface area contributed by atoms with E-state index in [1.807, 2.05) is 0 Å². The molecule has 23 heavy (non-hydrogen) atoms. The molecule has 1 amide bonds. The molecule has 0 bridgehead atoms. The number of nitrogens with zero attached hydrogens (tertiary/aromatic N) is 1. The molecular weight excluding hydrogens is 304 g/mol. The standard InChI is InChI=1S/C19H36N2OS/c1-2-3-4-5-6-7-8-9-10-11-12-15-18(22)20-19(23)21-16-13-14-17-21/h2-17H2,1H3,(H,20,22,23). The lowest BCUT2D eigenvalue weighted by atomic mass is 10.1. The Bertz CT molecular complexity index is 327. The minimum absolute atomic E-state index is 0.0952. The van der Waals surface area contributed by atoms with Crippen molar-refractivity contribution in [1.82, 2.24) is 10.2 Å². The van der Waals surface area contributed by atoms with E-state index in [1.54, 1.807) is 0 Å². The molecule has 4 heteroatoms. The minimum Gasteiger partial charge on any atom is -0.349 e. The van der Waals surface area contributed by atoms with Gasteiger partial charge in [0.1, 0.15) is 0 Å². The average molecular weight is 341 g/mol. The van der Waals surface area contributed by atoms with Crippen LogP contribution in [0.5, 0.6) is 0 Å². The summed E-state index contributed by atoms with van der Waals surface area (Å²) < 4.78 is 0. The molecule has 1 heterocycles. The topological polar surface area (TPSA) is 32.3 Å². The molecule has 0 aromatic rings. The highest BCUT2D eigenvalue weighted by molar-refractivity contribution is 7.80. The number of hydrogen-bond donors (Lipinski definition) is 1. The monoisotopic (exact) mass is 340 g/mol. The SMILES string of the molecule is CCCCCCCCCCCCCC(=O)NC(=S)N1CCCC1. The number of nitrogens with one attached hydrogen (secondary N) is 1. The van der Waals surface area contributed by atoms with Gasteiger partial charge in [0.15, 0.2) is 5.11 Å². The van der Waals surface area contributed by atoms with Crippen molar-refractivity contribution in [3.05, 3.63) is 0 Å². The second-order valence-corrected chi connectivity index (χ2v) is 7.22. The molecule has 0 aromatic carbocycles. The first-order chi connectivity index (χ1) is 11.2. The van der Waals surface area contributed by atoms with Gasteiger partial charge >= 0.3 is 0 Å². The molecular formula is C19H36N2OS. The van der Waals surface area contributed by atoms with E-state index in [2.05, 4.69) is 17.1 Å². The molecule has 1 fully saturated rings. The number of rotatable bonds is 12. The van der Waals surface area contributed by atoms with Crippen molar-refractivity contribution in [2.45, 2.75) is 96.8 Å². The van der Waals surface area contributed by atoms with Crippen LogP contribution in [0.3, 0.4) is 0 Å². The first-order valence-electron chi connectivity index (χ1n) is 9.82. The number of thiocarbonyl (C=S) groups is 1. The van der Waals surface area contributed by atoms with Gasteiger partial charge in [-0.3, -0.25) is 4.79 Å². The Balaban J connectivity index is 1.84. The maximum atomic E-state index is 11.8. The first-order valence-corrected chi connectivity index (χ1v) is 10.2. The lowest BCUT2D eigenvalue weighted by Crippen LogP contribution is -2.40. The van der Waals surface area contributed by atoms with Crippen molar-refractivity contribution in [1.29, 1.82) is 0 Å². The van der Waals surface area contributed by atoms with E-state index >= 15 is 0 Å². The van der Waals surface area contributed by atoms with Crippen LogP contribution in [0.2, 0.25) is 0 Å². The molecule has 0 saturated carbocycles. The molecule has 0 aliphatic carbocycles. The fourth-order valence-corrected chi connectivity index (χ4v) is 3.43. The third-order valence-corrected chi connectivity index (χ3v) is 5.01. The van der Waals surface area contributed by atoms with Gasteiger partial charge in [0.05, 0.1) is 0 Å². The van der Waals surface area contributed by atoms with Gasteiger partial charge in [-0.15, -0.1) is 0 Å². The van der Waals surface area contributed by atoms with Gasteiger partial charge in [0, 0.05) is 19.5 Å². The van der Waals surface area contributed by atoms with Crippen LogP contribution >= 0.6 is 12.2 Å². The summed E-state index contributed by atoms with van der Waals surface area (Å²) in [4.78, 5) is 14.0. The van der Waals surface area contributed by atoms with Crippen molar-refractivity contribution in [2.24, 2.45) is 0 Å². The molecule has 134 valence electrons. The normalized spacial score (nSPS) is 14.2. The number of likely N-dealkylation sites (tertiary alicyclic amines) is 1. The molecule has 1 saturated heterocycles. The van der Waals surface area contributed by atoms with Crippen LogP contribution in [-0.4, -0.2) is 29.0 Å². The molecule has 0 unspecified atom stereocenters. The van der Waals surface area contributed by atoms with Crippen molar-refractivity contribution in [3.8, 4) is 0 Å². The minimum atomic E-state index is 0.0952. The molecule has 1 aliphatic rings. The van der Waals surface area contributed by atoms with Gasteiger partial charge in [-0.05, 0) is 31.5 Å². The largest absolute Gasteiger partial charge is 0.349 e. The summed E-state index contributed by atoms with van der Waals surface area (Å²) in [5.74, 6) is 0.0952. The van der Waals surface area contributed by atoms with E-state index in [9.17, 15) is 4.79 Å². The summed E-state index contributed by atoms with van der Waals surface area (Å²) in [6.07, 6.45) is 17.4. The summed E-state index contributed by atoms with van der Waals surface area (Å²) in [6, 6.07) is 0. The molecule has 1 rings (SSSR count). The van der Waals surface area contributed by atoms with Gasteiger partial charge < -0.3 is 10.2 Å². The number of unbranched alkanes of at least 4 members (excludes halogenated alkanes) is 10. The zero-order chi connectivity index (χ0) is 16.8. The number of carbonyl (C=O) groups excluding carboxylic acids is 1. The van der Waals surface area contributed by atoms with Crippen molar-refractivity contribution >= 4 is 23.2 Å². The maximum absolute atomic E-state index is 11.8. The molecule has 1 N–H and O–H groups in total. The smallest absolute Gasteiger partial charge is 0.226 e. The van der Waals surface area contributed by atoms with Crippen LogP contribution in [0, 0.1) is 0 Å². The van der Waals surface area contributed by atoms with Crippen LogP contribution in [0.15, 0.2) is 0 Å². The van der Waals surface area contributed by atoms with Crippen molar-refractivity contribution < 1.29 is 4.79 Å². The predicted molar refractivity (Wildman–Crippen MR) is 103 cm³/mol. The van der Waals surface area contributed by atoms with Crippen molar-refractivity contribution in [3.63, 3.8) is 0 Å². The van der Waals surface area contributed by atoms with Gasteiger partial charge in [-0.1, -0.05) is 71.1 Å². The Kier molecular flexibility index (Phi) is 12.2. The van der Waals surface area contributed by atoms with Crippen molar-refractivity contribution in [2.75, 3.05) is 13.1 Å². The highest BCUT2D eigenvalue weighted by Crippen LogP contribution is 2.12. The number of carbonyl (C=O) groups is 1. The summed E-state index contributed by atoms with van der Waals surface area (Å²) >= 11 is 5.27. The highest BCUT2D eigenvalue weighted by atomic mass is 32.1. The zero-order valence-corrected chi connectivity index (χ0v) is 15.9. The quantitative estimate of drug-likeness (QED) is 0.392. The fourth-order valence-electron chi connectivity index (χ4n) is 3.13. The lowest BCUT2D eigenvalue weighted by Gasteiger charge is -2.18. The van der Waals surface area contributed by atoms with E-state index in [4.69, 9.17) is 12.2 Å². The summed E-state index contributed by atoms with van der Waals surface area (Å²) in [6.45, 7) is 4.26. The number of amides is 1. The molecule has 0 atom stereocenters. The second kappa shape index (κ2) is 13.8. The van der Waals surface area contributed by atoms with Crippen LogP contribution in [0.4, 0.5) is 0 Å². The maximum Gasteiger partial charge on any atom is 0.226 e. The van der Waals surface area contributed by atoms with E-state index in [1.165, 1.54) is 77.0 Å².